The second-order valence-electron chi connectivity index (χ2n) is 4.94. The van der Waals surface area contributed by atoms with Crippen LogP contribution in [-0.2, 0) is 0 Å². The first-order valence-electron chi connectivity index (χ1n) is 5.78. The summed E-state index contributed by atoms with van der Waals surface area (Å²) in [4.78, 5) is 0. The van der Waals surface area contributed by atoms with Crippen molar-refractivity contribution in [2.24, 2.45) is 0 Å². The highest BCUT2D eigenvalue weighted by molar-refractivity contribution is 6.94. The van der Waals surface area contributed by atoms with Crippen LogP contribution in [-0.4, -0.2) is 8.07 Å². The van der Waals surface area contributed by atoms with Crippen molar-refractivity contribution in [3.63, 3.8) is 0 Å². The summed E-state index contributed by atoms with van der Waals surface area (Å²) in [5.41, 5.74) is 0. The van der Waals surface area contributed by atoms with Gasteiger partial charge in [-0.2, -0.15) is 0 Å². The van der Waals surface area contributed by atoms with Crippen molar-refractivity contribution in [2.75, 3.05) is 0 Å². The Morgan fingerprint density at radius 1 is 0.933 bits per heavy atom. The van der Waals surface area contributed by atoms with Gasteiger partial charge in [0.2, 0.25) is 0 Å². The molecule has 0 aromatic heterocycles. The molecule has 2 aromatic carbocycles. The Morgan fingerprint density at radius 2 is 1.67 bits per heavy atom. The molecule has 0 unspecified atom stereocenters. The average Bonchev–Trinajstić information content (AvgIpc) is 2.25. The first-order chi connectivity index (χ1) is 7.30. The van der Waals surface area contributed by atoms with Crippen LogP contribution < -0.4 is 5.19 Å². The molecule has 76 valence electrons. The quantitative estimate of drug-likeness (QED) is 0.634. The van der Waals surface area contributed by atoms with Crippen molar-refractivity contribution in [1.82, 2.24) is 0 Å². The third kappa shape index (κ3) is 1.34. The molecule has 1 heterocycles. The molecular weight excluding hydrogens is 196 g/mol. The van der Waals surface area contributed by atoms with E-state index in [-0.39, 0.29) is 0 Å². The van der Waals surface area contributed by atoms with E-state index in [1.54, 1.807) is 5.19 Å². The molecule has 0 aliphatic carbocycles. The maximum Gasteiger partial charge on any atom is 0.0844 e. The van der Waals surface area contributed by atoms with Gasteiger partial charge in [-0.3, -0.25) is 0 Å². The largest absolute Gasteiger partial charge is 0.0844 e. The fourth-order valence-corrected chi connectivity index (χ4v) is 6.06. The van der Waals surface area contributed by atoms with Crippen LogP contribution in [0.25, 0.3) is 10.8 Å². The second kappa shape index (κ2) is 3.21. The molecule has 1 fully saturated rings. The predicted molar refractivity (Wildman–Crippen MR) is 69.4 cm³/mol. The van der Waals surface area contributed by atoms with Crippen LogP contribution in [0.2, 0.25) is 18.6 Å². The Bertz CT molecular complexity index is 492. The number of benzene rings is 2. The van der Waals surface area contributed by atoms with Gasteiger partial charge in [-0.15, -0.1) is 0 Å². The topological polar surface area (TPSA) is 0 Å². The number of rotatable bonds is 1. The Balaban J connectivity index is 2.26. The lowest BCUT2D eigenvalue weighted by Crippen LogP contribution is -2.50. The monoisotopic (exact) mass is 212 g/mol. The summed E-state index contributed by atoms with van der Waals surface area (Å²) >= 11 is 0. The zero-order valence-corrected chi connectivity index (χ0v) is 10.2. The van der Waals surface area contributed by atoms with Gasteiger partial charge in [0.05, 0.1) is 8.07 Å². The van der Waals surface area contributed by atoms with Crippen LogP contribution in [0.4, 0.5) is 0 Å². The van der Waals surface area contributed by atoms with Crippen LogP contribution >= 0.6 is 0 Å². The zero-order chi connectivity index (χ0) is 10.3. The standard InChI is InChI=1S/C14H16Si/c1-15(10-5-11-15)14-9-4-7-12-6-2-3-8-13(12)14/h2-4,6-9H,5,10-11H2,1H3. The number of hydrogen-bond acceptors (Lipinski definition) is 0. The highest BCUT2D eigenvalue weighted by atomic mass is 28.3. The Hall–Kier alpha value is -1.08. The average molecular weight is 212 g/mol. The van der Waals surface area contributed by atoms with Gasteiger partial charge in [-0.05, 0) is 10.8 Å². The minimum absolute atomic E-state index is 1.04. The van der Waals surface area contributed by atoms with Gasteiger partial charge in [-0.1, -0.05) is 72.7 Å². The molecule has 1 aliphatic rings. The van der Waals surface area contributed by atoms with E-state index in [1.165, 1.54) is 29.3 Å². The Labute approximate surface area is 91.9 Å². The van der Waals surface area contributed by atoms with Gasteiger partial charge >= 0.3 is 0 Å². The van der Waals surface area contributed by atoms with Crippen molar-refractivity contribution in [2.45, 2.75) is 25.1 Å². The summed E-state index contributed by atoms with van der Waals surface area (Å²) in [6.45, 7) is 2.54. The molecule has 0 atom stereocenters. The summed E-state index contributed by atoms with van der Waals surface area (Å²) < 4.78 is 0. The zero-order valence-electron chi connectivity index (χ0n) is 9.16. The minimum atomic E-state index is -1.04. The van der Waals surface area contributed by atoms with Crippen LogP contribution in [0.3, 0.4) is 0 Å². The third-order valence-corrected chi connectivity index (χ3v) is 8.55. The Kier molecular flexibility index (Phi) is 1.96. The second-order valence-corrected chi connectivity index (χ2v) is 9.60. The SMILES string of the molecule is C[Si]1(c2cccc3ccccc23)CCC1. The molecule has 3 rings (SSSR count). The van der Waals surface area contributed by atoms with E-state index in [1.807, 2.05) is 0 Å². The van der Waals surface area contributed by atoms with Crippen molar-refractivity contribution < 1.29 is 0 Å². The normalized spacial score (nSPS) is 18.7. The highest BCUT2D eigenvalue weighted by Crippen LogP contribution is 2.33. The van der Waals surface area contributed by atoms with E-state index in [4.69, 9.17) is 0 Å². The molecule has 0 saturated carbocycles. The lowest BCUT2D eigenvalue weighted by Gasteiger charge is -2.37. The summed E-state index contributed by atoms with van der Waals surface area (Å²) in [5.74, 6) is 0. The summed E-state index contributed by atoms with van der Waals surface area (Å²) in [5, 5.41) is 4.61. The van der Waals surface area contributed by atoms with Crippen LogP contribution in [0, 0.1) is 0 Å². The highest BCUT2D eigenvalue weighted by Gasteiger charge is 2.36. The molecule has 0 N–H and O–H groups in total. The number of fused-ring (bicyclic) bond motifs is 1. The summed E-state index contributed by atoms with van der Waals surface area (Å²) in [7, 11) is -1.04. The van der Waals surface area contributed by atoms with E-state index < -0.39 is 8.07 Å². The van der Waals surface area contributed by atoms with Gasteiger partial charge < -0.3 is 0 Å². The molecule has 0 bridgehead atoms. The van der Waals surface area contributed by atoms with Crippen LogP contribution in [0.15, 0.2) is 42.5 Å². The van der Waals surface area contributed by atoms with Gasteiger partial charge in [0.25, 0.3) is 0 Å². The molecule has 2 aromatic rings. The fourth-order valence-electron chi connectivity index (χ4n) is 2.73. The van der Waals surface area contributed by atoms with E-state index in [0.717, 1.165) is 0 Å². The Morgan fingerprint density at radius 3 is 2.40 bits per heavy atom. The van der Waals surface area contributed by atoms with E-state index in [2.05, 4.69) is 49.0 Å². The van der Waals surface area contributed by atoms with E-state index in [0.29, 0.717) is 0 Å². The first-order valence-corrected chi connectivity index (χ1v) is 8.69. The summed E-state index contributed by atoms with van der Waals surface area (Å²) in [6.07, 6.45) is 1.45. The van der Waals surface area contributed by atoms with Gasteiger partial charge in [-0.25, -0.2) is 0 Å². The molecule has 0 amide bonds. The minimum Gasteiger partial charge on any atom is -0.0652 e. The smallest absolute Gasteiger partial charge is 0.0652 e. The summed E-state index contributed by atoms with van der Waals surface area (Å²) in [6, 6.07) is 18.6. The molecular formula is C14H16Si. The van der Waals surface area contributed by atoms with Crippen LogP contribution in [0.1, 0.15) is 6.42 Å². The third-order valence-electron chi connectivity index (χ3n) is 3.90. The predicted octanol–water partition coefficient (Wildman–Crippen LogP) is 3.53. The van der Waals surface area contributed by atoms with Gasteiger partial charge in [0.1, 0.15) is 0 Å². The maximum absolute atomic E-state index is 2.54. The van der Waals surface area contributed by atoms with Gasteiger partial charge in [0, 0.05) is 0 Å². The fraction of sp³-hybridized carbons (Fsp3) is 0.286. The molecule has 0 spiro atoms. The maximum atomic E-state index is 2.54. The lowest BCUT2D eigenvalue weighted by atomic mass is 10.1. The van der Waals surface area contributed by atoms with Crippen molar-refractivity contribution >= 4 is 24.0 Å². The molecule has 0 nitrogen and oxygen atoms in total. The number of hydrogen-bond donors (Lipinski definition) is 0. The van der Waals surface area contributed by atoms with Crippen molar-refractivity contribution in [3.8, 4) is 0 Å². The van der Waals surface area contributed by atoms with E-state index in [9.17, 15) is 0 Å². The van der Waals surface area contributed by atoms with Crippen molar-refractivity contribution in [1.29, 1.82) is 0 Å². The molecule has 1 heteroatoms. The van der Waals surface area contributed by atoms with Crippen molar-refractivity contribution in [3.05, 3.63) is 42.5 Å². The van der Waals surface area contributed by atoms with Crippen LogP contribution in [0.5, 0.6) is 0 Å². The lowest BCUT2D eigenvalue weighted by molar-refractivity contribution is 0.918. The molecule has 1 saturated heterocycles. The first kappa shape index (κ1) is 9.17. The molecule has 0 radical (unpaired) electrons. The molecule has 15 heavy (non-hydrogen) atoms. The van der Waals surface area contributed by atoms with Gasteiger partial charge in [0.15, 0.2) is 0 Å². The van der Waals surface area contributed by atoms with E-state index >= 15 is 0 Å². The molecule has 1 aliphatic heterocycles.